The summed E-state index contributed by atoms with van der Waals surface area (Å²) >= 11 is 3.48. The third-order valence-electron chi connectivity index (χ3n) is 3.94. The number of aromatic nitrogens is 2. The number of benzene rings is 1. The van der Waals surface area contributed by atoms with Crippen molar-refractivity contribution in [2.75, 3.05) is 20.1 Å². The van der Waals surface area contributed by atoms with Crippen LogP contribution < -0.4 is 5.73 Å². The minimum atomic E-state index is 0.0101. The van der Waals surface area contributed by atoms with Crippen LogP contribution in [0.2, 0.25) is 0 Å². The highest BCUT2D eigenvalue weighted by molar-refractivity contribution is 9.10. The second-order valence-electron chi connectivity index (χ2n) is 5.67. The Morgan fingerprint density at radius 2 is 2.00 bits per heavy atom. The maximum absolute atomic E-state index is 12.4. The number of nitrogens with zero attached hydrogens (tertiary/aromatic N) is 3. The van der Waals surface area contributed by atoms with Gasteiger partial charge in [-0.15, -0.1) is 0 Å². The predicted octanol–water partition coefficient (Wildman–Crippen LogP) is 3.18. The first-order valence-corrected chi connectivity index (χ1v) is 8.58. The molecule has 0 unspecified atom stereocenters. The summed E-state index contributed by atoms with van der Waals surface area (Å²) in [5.74, 6) is 0.0101. The molecule has 24 heavy (non-hydrogen) atoms. The number of rotatable bonds is 5. The molecule has 0 aliphatic heterocycles. The van der Waals surface area contributed by atoms with Gasteiger partial charge in [-0.05, 0) is 53.2 Å². The van der Waals surface area contributed by atoms with E-state index >= 15 is 0 Å². The Kier molecular flexibility index (Phi) is 4.97. The smallest absolute Gasteiger partial charge is 0.253 e. The molecule has 0 saturated heterocycles. The van der Waals surface area contributed by atoms with Gasteiger partial charge in [0.25, 0.3) is 5.91 Å². The molecule has 0 fully saturated rings. The molecule has 0 atom stereocenters. The zero-order chi connectivity index (χ0) is 17.1. The summed E-state index contributed by atoms with van der Waals surface area (Å²) in [4.78, 5) is 18.5. The quantitative estimate of drug-likeness (QED) is 0.732. The molecule has 6 heteroatoms. The van der Waals surface area contributed by atoms with E-state index in [0.717, 1.165) is 27.8 Å². The Balaban J connectivity index is 1.86. The number of fused-ring (bicyclic) bond motifs is 1. The molecule has 0 aliphatic carbocycles. The van der Waals surface area contributed by atoms with E-state index in [-0.39, 0.29) is 5.91 Å². The highest BCUT2D eigenvalue weighted by Crippen LogP contribution is 2.23. The largest absolute Gasteiger partial charge is 0.342 e. The third-order valence-corrected chi connectivity index (χ3v) is 4.41. The molecule has 2 heterocycles. The second kappa shape index (κ2) is 7.15. The number of halogens is 1. The lowest BCUT2D eigenvalue weighted by Gasteiger charge is -2.16. The van der Waals surface area contributed by atoms with Gasteiger partial charge in [-0.25, -0.2) is 4.98 Å². The lowest BCUT2D eigenvalue weighted by molar-refractivity contribution is 0.0794. The zero-order valence-electron chi connectivity index (χ0n) is 13.4. The van der Waals surface area contributed by atoms with Crippen LogP contribution in [-0.4, -0.2) is 40.3 Å². The van der Waals surface area contributed by atoms with E-state index in [9.17, 15) is 4.79 Å². The van der Waals surface area contributed by atoms with Crippen molar-refractivity contribution in [1.82, 2.24) is 14.3 Å². The van der Waals surface area contributed by atoms with Gasteiger partial charge < -0.3 is 10.6 Å². The number of pyridine rings is 1. The SMILES string of the molecule is CN(CCCN)C(=O)c1ccc(-c2cnc3ccc(Br)cn23)cc1. The van der Waals surface area contributed by atoms with Crippen LogP contribution in [0.3, 0.4) is 0 Å². The van der Waals surface area contributed by atoms with Gasteiger partial charge in [0.15, 0.2) is 0 Å². The molecule has 0 aliphatic rings. The fourth-order valence-corrected chi connectivity index (χ4v) is 2.94. The highest BCUT2D eigenvalue weighted by atomic mass is 79.9. The molecule has 3 aromatic rings. The average Bonchev–Trinajstić information content (AvgIpc) is 3.02. The second-order valence-corrected chi connectivity index (χ2v) is 6.58. The van der Waals surface area contributed by atoms with Gasteiger partial charge >= 0.3 is 0 Å². The fourth-order valence-electron chi connectivity index (χ4n) is 2.60. The van der Waals surface area contributed by atoms with Gasteiger partial charge in [-0.1, -0.05) is 12.1 Å². The van der Waals surface area contributed by atoms with Gasteiger partial charge in [0, 0.05) is 35.4 Å². The fraction of sp³-hybridized carbons (Fsp3) is 0.222. The molecule has 1 amide bonds. The van der Waals surface area contributed by atoms with Crippen molar-refractivity contribution in [1.29, 1.82) is 0 Å². The Morgan fingerprint density at radius 3 is 2.71 bits per heavy atom. The van der Waals surface area contributed by atoms with E-state index in [1.54, 1.807) is 11.9 Å². The van der Waals surface area contributed by atoms with Gasteiger partial charge in [0.2, 0.25) is 0 Å². The zero-order valence-corrected chi connectivity index (χ0v) is 15.0. The number of hydrogen-bond donors (Lipinski definition) is 1. The molecule has 124 valence electrons. The van der Waals surface area contributed by atoms with E-state index < -0.39 is 0 Å². The van der Waals surface area contributed by atoms with Gasteiger partial charge in [0.1, 0.15) is 5.65 Å². The summed E-state index contributed by atoms with van der Waals surface area (Å²) in [6.45, 7) is 1.25. The van der Waals surface area contributed by atoms with E-state index in [0.29, 0.717) is 18.7 Å². The number of hydrogen-bond acceptors (Lipinski definition) is 3. The van der Waals surface area contributed by atoms with E-state index in [1.807, 2.05) is 53.2 Å². The predicted molar refractivity (Wildman–Crippen MR) is 99.0 cm³/mol. The number of carbonyl (C=O) groups is 1. The summed E-state index contributed by atoms with van der Waals surface area (Å²) < 4.78 is 3.01. The van der Waals surface area contributed by atoms with Crippen LogP contribution in [0.5, 0.6) is 0 Å². The van der Waals surface area contributed by atoms with Crippen LogP contribution >= 0.6 is 15.9 Å². The number of imidazole rings is 1. The maximum Gasteiger partial charge on any atom is 0.253 e. The van der Waals surface area contributed by atoms with Crippen LogP contribution in [0.1, 0.15) is 16.8 Å². The summed E-state index contributed by atoms with van der Waals surface area (Å²) in [5, 5.41) is 0. The summed E-state index contributed by atoms with van der Waals surface area (Å²) in [5.41, 5.74) is 9.06. The van der Waals surface area contributed by atoms with Gasteiger partial charge in [-0.3, -0.25) is 9.20 Å². The molecule has 2 aromatic heterocycles. The Hall–Kier alpha value is -2.18. The average molecular weight is 387 g/mol. The summed E-state index contributed by atoms with van der Waals surface area (Å²) in [7, 11) is 1.80. The van der Waals surface area contributed by atoms with Crippen molar-refractivity contribution in [3.05, 3.63) is 58.8 Å². The Labute approximate surface area is 149 Å². The minimum Gasteiger partial charge on any atom is -0.342 e. The molecular weight excluding hydrogens is 368 g/mol. The molecule has 0 radical (unpaired) electrons. The van der Waals surface area contributed by atoms with Crippen molar-refractivity contribution in [2.45, 2.75) is 6.42 Å². The van der Waals surface area contributed by atoms with Crippen LogP contribution in [-0.2, 0) is 0 Å². The monoisotopic (exact) mass is 386 g/mol. The van der Waals surface area contributed by atoms with Crippen LogP contribution in [0, 0.1) is 0 Å². The standard InChI is InChI=1S/C18H19BrN4O/c1-22(10-2-9-20)18(24)14-5-3-13(4-6-14)16-11-21-17-8-7-15(19)12-23(16)17/h3-8,11-12H,2,9-10,20H2,1H3. The molecular formula is C18H19BrN4O. The summed E-state index contributed by atoms with van der Waals surface area (Å²) in [6.07, 6.45) is 4.63. The van der Waals surface area contributed by atoms with Crippen molar-refractivity contribution < 1.29 is 4.79 Å². The Morgan fingerprint density at radius 1 is 1.25 bits per heavy atom. The first kappa shape index (κ1) is 16.7. The van der Waals surface area contributed by atoms with E-state index in [4.69, 9.17) is 5.73 Å². The first-order chi connectivity index (χ1) is 11.6. The minimum absolute atomic E-state index is 0.0101. The van der Waals surface area contributed by atoms with Crippen LogP contribution in [0.15, 0.2) is 53.3 Å². The third kappa shape index (κ3) is 3.34. The van der Waals surface area contributed by atoms with Gasteiger partial charge in [0.05, 0.1) is 11.9 Å². The normalized spacial score (nSPS) is 11.0. The van der Waals surface area contributed by atoms with Crippen LogP contribution in [0.4, 0.5) is 0 Å². The molecule has 5 nitrogen and oxygen atoms in total. The van der Waals surface area contributed by atoms with Crippen molar-refractivity contribution >= 4 is 27.5 Å². The van der Waals surface area contributed by atoms with E-state index in [2.05, 4.69) is 20.9 Å². The topological polar surface area (TPSA) is 63.6 Å². The number of nitrogens with two attached hydrogens (primary N) is 1. The van der Waals surface area contributed by atoms with Crippen LogP contribution in [0.25, 0.3) is 16.9 Å². The maximum atomic E-state index is 12.4. The van der Waals surface area contributed by atoms with Gasteiger partial charge in [-0.2, -0.15) is 0 Å². The molecule has 0 saturated carbocycles. The molecule has 0 spiro atoms. The van der Waals surface area contributed by atoms with Crippen molar-refractivity contribution in [3.63, 3.8) is 0 Å². The van der Waals surface area contributed by atoms with Crippen molar-refractivity contribution in [3.8, 4) is 11.3 Å². The first-order valence-electron chi connectivity index (χ1n) is 7.79. The lowest BCUT2D eigenvalue weighted by atomic mass is 10.1. The molecule has 3 rings (SSSR count). The Bertz CT molecular complexity index is 857. The van der Waals surface area contributed by atoms with Crippen molar-refractivity contribution in [2.24, 2.45) is 5.73 Å². The molecule has 0 bridgehead atoms. The highest BCUT2D eigenvalue weighted by Gasteiger charge is 2.12. The lowest BCUT2D eigenvalue weighted by Crippen LogP contribution is -2.28. The number of carbonyl (C=O) groups excluding carboxylic acids is 1. The molecule has 1 aromatic carbocycles. The molecule has 2 N–H and O–H groups in total. The number of amides is 1. The summed E-state index contributed by atoms with van der Waals surface area (Å²) in [6, 6.07) is 11.5. The van der Waals surface area contributed by atoms with E-state index in [1.165, 1.54) is 0 Å².